The van der Waals surface area contributed by atoms with Gasteiger partial charge in [-0.15, -0.1) is 0 Å². The predicted molar refractivity (Wildman–Crippen MR) is 139 cm³/mol. The fourth-order valence-corrected chi connectivity index (χ4v) is 9.81. The molecule has 0 radical (unpaired) electrons. The van der Waals surface area contributed by atoms with E-state index < -0.39 is 5.60 Å². The fourth-order valence-electron chi connectivity index (χ4n) is 9.81. The Hall–Kier alpha value is -0.830. The number of esters is 1. The molecule has 2 saturated carbocycles. The lowest BCUT2D eigenvalue weighted by molar-refractivity contribution is -0.167. The van der Waals surface area contributed by atoms with Crippen molar-refractivity contribution in [3.63, 3.8) is 0 Å². The summed E-state index contributed by atoms with van der Waals surface area (Å²) in [4.78, 5) is 11.8. The molecule has 0 heterocycles. The topological polar surface area (TPSA) is 46.5 Å². The number of carbonyl (C=O) groups is 1. The number of carbonyl (C=O) groups excluding carboxylic acids is 1. The number of hydrogen-bond acceptors (Lipinski definition) is 3. The van der Waals surface area contributed by atoms with Crippen molar-refractivity contribution >= 4 is 5.97 Å². The standard InChI is InChI=1S/C31H52O3/c1-20(12-16-27(3,4)33)22-13-18-31(9)24-10-11-25-28(5,6)26(34-21(2)32)15-17-29(25,7)23(24)14-19-30(22,31)8/h20,22,25-26,33H,10-19H2,1-9H3/t20-,22-,25+,26+,29-,30-,31+/m1/s1. The van der Waals surface area contributed by atoms with Gasteiger partial charge in [-0.2, -0.15) is 0 Å². The number of allylic oxidation sites excluding steroid dienone is 2. The van der Waals surface area contributed by atoms with Gasteiger partial charge in [-0.05, 0) is 112 Å². The lowest BCUT2D eigenvalue weighted by Gasteiger charge is -2.62. The van der Waals surface area contributed by atoms with Gasteiger partial charge in [0.1, 0.15) is 6.10 Å². The lowest BCUT2D eigenvalue weighted by Crippen LogP contribution is -2.55. The third-order valence-corrected chi connectivity index (χ3v) is 12.0. The number of fused-ring (bicyclic) bond motifs is 4. The molecular formula is C31H52O3. The van der Waals surface area contributed by atoms with Crippen molar-refractivity contribution in [2.24, 2.45) is 39.4 Å². The Bertz CT molecular complexity index is 847. The molecule has 0 unspecified atom stereocenters. The minimum atomic E-state index is -0.565. The molecule has 7 atom stereocenters. The molecule has 0 aliphatic heterocycles. The molecule has 0 saturated heterocycles. The Balaban J connectivity index is 1.63. The Labute approximate surface area is 209 Å². The molecule has 3 heteroatoms. The SMILES string of the molecule is CC(=O)O[C@H]1CC[C@]2(C)C3=C(CC[C@H]2C1(C)C)[C@]1(C)CC[C@H]([C@H](C)CCC(C)(C)O)[C@@]1(C)CC3. The van der Waals surface area contributed by atoms with Gasteiger partial charge in [0, 0.05) is 12.3 Å². The van der Waals surface area contributed by atoms with E-state index in [1.807, 2.05) is 19.4 Å². The van der Waals surface area contributed by atoms with E-state index in [4.69, 9.17) is 4.74 Å². The van der Waals surface area contributed by atoms with Crippen LogP contribution in [0.25, 0.3) is 0 Å². The van der Waals surface area contributed by atoms with Gasteiger partial charge in [-0.25, -0.2) is 0 Å². The zero-order chi connectivity index (χ0) is 25.3. The third-order valence-electron chi connectivity index (χ3n) is 12.0. The van der Waals surface area contributed by atoms with Gasteiger partial charge in [-0.1, -0.05) is 52.7 Å². The fraction of sp³-hybridized carbons (Fsp3) is 0.903. The van der Waals surface area contributed by atoms with E-state index in [9.17, 15) is 9.90 Å². The Morgan fingerprint density at radius 3 is 2.32 bits per heavy atom. The molecule has 1 N–H and O–H groups in total. The highest BCUT2D eigenvalue weighted by Gasteiger charge is 2.63. The molecule has 0 amide bonds. The molecular weight excluding hydrogens is 420 g/mol. The molecule has 194 valence electrons. The van der Waals surface area contributed by atoms with Gasteiger partial charge in [0.05, 0.1) is 5.60 Å². The lowest BCUT2D eigenvalue weighted by atomic mass is 9.43. The Morgan fingerprint density at radius 1 is 1.03 bits per heavy atom. The molecule has 0 spiro atoms. The van der Waals surface area contributed by atoms with Crippen molar-refractivity contribution in [3.05, 3.63) is 11.1 Å². The summed E-state index contributed by atoms with van der Waals surface area (Å²) in [7, 11) is 0. The van der Waals surface area contributed by atoms with Crippen LogP contribution in [0.4, 0.5) is 0 Å². The van der Waals surface area contributed by atoms with E-state index in [0.29, 0.717) is 22.7 Å². The van der Waals surface area contributed by atoms with Gasteiger partial charge in [0.2, 0.25) is 0 Å². The summed E-state index contributed by atoms with van der Waals surface area (Å²) < 4.78 is 5.86. The first-order chi connectivity index (χ1) is 15.6. The van der Waals surface area contributed by atoms with E-state index in [2.05, 4.69) is 41.5 Å². The summed E-state index contributed by atoms with van der Waals surface area (Å²) in [5, 5.41) is 10.3. The smallest absolute Gasteiger partial charge is 0.302 e. The zero-order valence-corrected chi connectivity index (χ0v) is 23.6. The van der Waals surface area contributed by atoms with Crippen LogP contribution in [0.5, 0.6) is 0 Å². The summed E-state index contributed by atoms with van der Waals surface area (Å²) in [6.45, 7) is 20.4. The van der Waals surface area contributed by atoms with Crippen molar-refractivity contribution in [2.75, 3.05) is 0 Å². The molecule has 0 aromatic heterocycles. The van der Waals surface area contributed by atoms with Crippen molar-refractivity contribution < 1.29 is 14.6 Å². The summed E-state index contributed by atoms with van der Waals surface area (Å²) in [5.41, 5.74) is 3.97. The normalized spacial score (nSPS) is 42.5. The number of ether oxygens (including phenoxy) is 1. The molecule has 4 aliphatic rings. The second kappa shape index (κ2) is 8.35. The first-order valence-corrected chi connectivity index (χ1v) is 14.2. The largest absolute Gasteiger partial charge is 0.462 e. The molecule has 34 heavy (non-hydrogen) atoms. The van der Waals surface area contributed by atoms with Crippen molar-refractivity contribution in [1.82, 2.24) is 0 Å². The molecule has 0 bridgehead atoms. The van der Waals surface area contributed by atoms with Crippen LogP contribution in [-0.4, -0.2) is 22.8 Å². The van der Waals surface area contributed by atoms with Crippen LogP contribution in [0.3, 0.4) is 0 Å². The van der Waals surface area contributed by atoms with E-state index in [-0.39, 0.29) is 22.9 Å². The Kier molecular flexibility index (Phi) is 6.45. The van der Waals surface area contributed by atoms with Crippen LogP contribution in [0, 0.1) is 39.4 Å². The molecule has 3 nitrogen and oxygen atoms in total. The van der Waals surface area contributed by atoms with Crippen molar-refractivity contribution in [2.45, 2.75) is 138 Å². The van der Waals surface area contributed by atoms with Crippen LogP contribution in [-0.2, 0) is 9.53 Å². The first kappa shape index (κ1) is 26.2. The van der Waals surface area contributed by atoms with E-state index in [0.717, 1.165) is 31.6 Å². The third kappa shape index (κ3) is 3.91. The van der Waals surface area contributed by atoms with Crippen LogP contribution in [0.1, 0.15) is 127 Å². The van der Waals surface area contributed by atoms with Crippen LogP contribution >= 0.6 is 0 Å². The maximum Gasteiger partial charge on any atom is 0.302 e. The second-order valence-electron chi connectivity index (χ2n) is 14.6. The maximum atomic E-state index is 11.8. The molecule has 4 rings (SSSR count). The van der Waals surface area contributed by atoms with Gasteiger partial charge in [0.25, 0.3) is 0 Å². The first-order valence-electron chi connectivity index (χ1n) is 14.2. The van der Waals surface area contributed by atoms with Crippen molar-refractivity contribution in [1.29, 1.82) is 0 Å². The molecule has 2 fully saturated rings. The van der Waals surface area contributed by atoms with Gasteiger partial charge in [0.15, 0.2) is 0 Å². The highest BCUT2D eigenvalue weighted by atomic mass is 16.5. The highest BCUT2D eigenvalue weighted by Crippen LogP contribution is 2.72. The second-order valence-corrected chi connectivity index (χ2v) is 14.6. The van der Waals surface area contributed by atoms with Crippen LogP contribution in [0.15, 0.2) is 11.1 Å². The number of hydrogen-bond donors (Lipinski definition) is 1. The maximum absolute atomic E-state index is 11.8. The van der Waals surface area contributed by atoms with Crippen LogP contribution < -0.4 is 0 Å². The zero-order valence-electron chi connectivity index (χ0n) is 23.6. The number of aliphatic hydroxyl groups is 1. The van der Waals surface area contributed by atoms with Gasteiger partial charge >= 0.3 is 5.97 Å². The average Bonchev–Trinajstić information content (AvgIpc) is 2.99. The molecule has 0 aromatic rings. The average molecular weight is 473 g/mol. The minimum Gasteiger partial charge on any atom is -0.462 e. The quantitative estimate of drug-likeness (QED) is 0.327. The van der Waals surface area contributed by atoms with E-state index in [1.54, 1.807) is 12.5 Å². The summed E-state index contributed by atoms with van der Waals surface area (Å²) in [6, 6.07) is 0. The molecule has 0 aromatic carbocycles. The molecule has 4 aliphatic carbocycles. The summed E-state index contributed by atoms with van der Waals surface area (Å²) in [6.07, 6.45) is 11.8. The predicted octanol–water partition coefficient (Wildman–Crippen LogP) is 7.85. The summed E-state index contributed by atoms with van der Waals surface area (Å²) in [5.74, 6) is 1.85. The summed E-state index contributed by atoms with van der Waals surface area (Å²) >= 11 is 0. The minimum absolute atomic E-state index is 0.0165. The van der Waals surface area contributed by atoms with Gasteiger partial charge < -0.3 is 9.84 Å². The van der Waals surface area contributed by atoms with Gasteiger partial charge in [-0.3, -0.25) is 4.79 Å². The highest BCUT2D eigenvalue weighted by molar-refractivity contribution is 5.66. The van der Waals surface area contributed by atoms with E-state index in [1.165, 1.54) is 38.5 Å². The number of rotatable bonds is 5. The van der Waals surface area contributed by atoms with Crippen LogP contribution in [0.2, 0.25) is 0 Å². The van der Waals surface area contributed by atoms with Crippen molar-refractivity contribution in [3.8, 4) is 0 Å². The van der Waals surface area contributed by atoms with E-state index >= 15 is 0 Å². The monoisotopic (exact) mass is 472 g/mol. The Morgan fingerprint density at radius 2 is 1.71 bits per heavy atom.